The number of pyridine rings is 2. The number of nitrogens with zero attached hydrogens (tertiary/aromatic N) is 2. The van der Waals surface area contributed by atoms with Crippen LogP contribution in [-0.4, -0.2) is 26.4 Å². The summed E-state index contributed by atoms with van der Waals surface area (Å²) in [5.41, 5.74) is 4.43. The third kappa shape index (κ3) is 4.56. The largest absolute Gasteiger partial charge is 0.341 e. The summed E-state index contributed by atoms with van der Waals surface area (Å²) in [6.07, 6.45) is 3.52. The first-order valence-corrected chi connectivity index (χ1v) is 11.3. The quantitative estimate of drug-likeness (QED) is 0.504. The van der Waals surface area contributed by atoms with Crippen molar-refractivity contribution in [1.82, 2.24) is 0 Å². The van der Waals surface area contributed by atoms with Crippen molar-refractivity contribution in [2.24, 2.45) is 0 Å². The molecule has 31 heavy (non-hydrogen) atoms. The molecule has 0 atom stereocenters. The van der Waals surface area contributed by atoms with Crippen LogP contribution in [0.4, 0.5) is 0 Å². The first-order valence-electron chi connectivity index (χ1n) is 10.5. The summed E-state index contributed by atoms with van der Waals surface area (Å²) >= 11 is 3.86. The number of aromatic nitrogens is 2. The van der Waals surface area contributed by atoms with Crippen LogP contribution in [0.15, 0.2) is 71.5 Å². The van der Waals surface area contributed by atoms with E-state index in [9.17, 15) is 0 Å². The molecule has 160 valence electrons. The Hall–Kier alpha value is -2.16. The molecule has 2 aliphatic rings. The van der Waals surface area contributed by atoms with Crippen molar-refractivity contribution in [3.63, 3.8) is 0 Å². The smallest absolute Gasteiger partial charge is 0.245 e. The summed E-state index contributed by atoms with van der Waals surface area (Å²) in [5, 5.41) is 0. The molecule has 0 unspecified atom stereocenters. The molecule has 0 N–H and O–H groups in total. The van der Waals surface area contributed by atoms with Gasteiger partial charge in [0.05, 0.1) is 26.4 Å². The Morgan fingerprint density at radius 1 is 0.645 bits per heavy atom. The van der Waals surface area contributed by atoms with Crippen LogP contribution >= 0.6 is 15.9 Å². The highest BCUT2D eigenvalue weighted by atomic mass is 79.9. The van der Waals surface area contributed by atoms with Crippen LogP contribution in [0.25, 0.3) is 0 Å². The minimum atomic E-state index is -0.308. The second kappa shape index (κ2) is 9.54. The van der Waals surface area contributed by atoms with Gasteiger partial charge in [0.2, 0.25) is 24.0 Å². The summed E-state index contributed by atoms with van der Waals surface area (Å²) in [4.78, 5) is 0. The van der Waals surface area contributed by atoms with E-state index in [4.69, 9.17) is 18.9 Å². The van der Waals surface area contributed by atoms with E-state index < -0.39 is 0 Å². The highest BCUT2D eigenvalue weighted by Crippen LogP contribution is 2.25. The summed E-state index contributed by atoms with van der Waals surface area (Å²) in [5.74, 6) is 0. The van der Waals surface area contributed by atoms with Gasteiger partial charge in [0.15, 0.2) is 25.5 Å². The molecule has 0 radical (unpaired) electrons. The number of halogens is 1. The molecule has 2 saturated heterocycles. The number of hydrogen-bond acceptors (Lipinski definition) is 4. The average Bonchev–Trinajstić information content (AvgIpc) is 3.52. The van der Waals surface area contributed by atoms with E-state index in [-0.39, 0.29) is 12.6 Å². The van der Waals surface area contributed by atoms with Crippen LogP contribution < -0.4 is 9.13 Å². The second-order valence-corrected chi connectivity index (χ2v) is 8.34. The standard InChI is InChI=1S/C24H25BrN2O4/c25-22-18(16-26-10-3-1-8-20(26)23-28-12-13-29-23)6-5-7-19(22)17-27-11-4-2-9-21(27)24-30-14-15-31-24/h1-11,23-24H,12-17H2/q+2. The maximum Gasteiger partial charge on any atom is 0.245 e. The summed E-state index contributed by atoms with van der Waals surface area (Å²) < 4.78 is 28.4. The number of hydrogen-bond donors (Lipinski definition) is 0. The van der Waals surface area contributed by atoms with Gasteiger partial charge in [-0.15, -0.1) is 0 Å². The summed E-state index contributed by atoms with van der Waals surface area (Å²) in [6, 6.07) is 18.6. The lowest BCUT2D eigenvalue weighted by Crippen LogP contribution is -2.41. The predicted molar refractivity (Wildman–Crippen MR) is 115 cm³/mol. The Balaban J connectivity index is 1.41. The monoisotopic (exact) mass is 484 g/mol. The van der Waals surface area contributed by atoms with E-state index in [1.54, 1.807) is 0 Å². The van der Waals surface area contributed by atoms with Gasteiger partial charge >= 0.3 is 0 Å². The summed E-state index contributed by atoms with van der Waals surface area (Å²) in [6.45, 7) is 3.95. The topological polar surface area (TPSA) is 44.7 Å². The third-order valence-corrected chi connectivity index (χ3v) is 6.54. The average molecular weight is 485 g/mol. The highest BCUT2D eigenvalue weighted by molar-refractivity contribution is 9.10. The van der Waals surface area contributed by atoms with E-state index in [0.29, 0.717) is 26.4 Å². The van der Waals surface area contributed by atoms with Gasteiger partial charge in [-0.1, -0.05) is 18.2 Å². The SMILES string of the molecule is Brc1c(C[n+]2ccccc2C2OCCO2)cccc1C[n+]1ccccc1C1OCCO1. The van der Waals surface area contributed by atoms with Gasteiger partial charge in [-0.3, -0.25) is 0 Å². The van der Waals surface area contributed by atoms with Gasteiger partial charge in [0.1, 0.15) is 0 Å². The Bertz CT molecular complexity index is 970. The van der Waals surface area contributed by atoms with Crippen molar-refractivity contribution < 1.29 is 28.1 Å². The normalized spacial score (nSPS) is 17.5. The van der Waals surface area contributed by atoms with E-state index in [1.807, 2.05) is 24.3 Å². The fourth-order valence-corrected chi connectivity index (χ4v) is 4.51. The lowest BCUT2D eigenvalue weighted by atomic mass is 10.1. The van der Waals surface area contributed by atoms with E-state index >= 15 is 0 Å². The molecule has 3 aromatic rings. The second-order valence-electron chi connectivity index (χ2n) is 7.54. The molecule has 4 heterocycles. The van der Waals surface area contributed by atoms with Crippen molar-refractivity contribution in [2.75, 3.05) is 26.4 Å². The van der Waals surface area contributed by atoms with Gasteiger partial charge < -0.3 is 18.9 Å². The maximum absolute atomic E-state index is 5.73. The molecule has 5 rings (SSSR count). The van der Waals surface area contributed by atoms with Crippen LogP contribution in [0.2, 0.25) is 0 Å². The molecule has 0 bridgehead atoms. The Kier molecular flexibility index (Phi) is 6.38. The molecule has 2 aliphatic heterocycles. The fourth-order valence-electron chi connectivity index (χ4n) is 4.00. The van der Waals surface area contributed by atoms with E-state index in [0.717, 1.165) is 29.0 Å². The van der Waals surface area contributed by atoms with Crippen molar-refractivity contribution >= 4 is 15.9 Å². The van der Waals surface area contributed by atoms with Crippen LogP contribution in [-0.2, 0) is 32.0 Å². The lowest BCUT2D eigenvalue weighted by Gasteiger charge is -2.12. The Morgan fingerprint density at radius 2 is 1.10 bits per heavy atom. The zero-order valence-electron chi connectivity index (χ0n) is 17.2. The zero-order chi connectivity index (χ0) is 21.0. The maximum atomic E-state index is 5.73. The molecule has 2 fully saturated rings. The zero-order valence-corrected chi connectivity index (χ0v) is 18.7. The molecule has 0 spiro atoms. The van der Waals surface area contributed by atoms with Gasteiger partial charge in [0.25, 0.3) is 0 Å². The highest BCUT2D eigenvalue weighted by Gasteiger charge is 2.29. The van der Waals surface area contributed by atoms with Crippen LogP contribution in [0.1, 0.15) is 35.1 Å². The molecule has 6 nitrogen and oxygen atoms in total. The minimum absolute atomic E-state index is 0.308. The molecule has 2 aromatic heterocycles. The molecular formula is C24H25BrN2O4+2. The predicted octanol–water partition coefficient (Wildman–Crippen LogP) is 3.21. The van der Waals surface area contributed by atoms with Crippen molar-refractivity contribution in [3.8, 4) is 0 Å². The Morgan fingerprint density at radius 3 is 1.55 bits per heavy atom. The van der Waals surface area contributed by atoms with E-state index in [1.165, 1.54) is 11.1 Å². The first kappa shape index (κ1) is 20.7. The van der Waals surface area contributed by atoms with Gasteiger partial charge in [-0.05, 0) is 28.1 Å². The fraction of sp³-hybridized carbons (Fsp3) is 0.333. The molecule has 1 aromatic carbocycles. The molecule has 0 aliphatic carbocycles. The van der Waals surface area contributed by atoms with Gasteiger partial charge in [0, 0.05) is 39.9 Å². The van der Waals surface area contributed by atoms with Crippen LogP contribution in [0, 0.1) is 0 Å². The Labute approximate surface area is 190 Å². The van der Waals surface area contributed by atoms with Gasteiger partial charge in [-0.2, -0.15) is 9.13 Å². The van der Waals surface area contributed by atoms with Gasteiger partial charge in [-0.25, -0.2) is 0 Å². The number of benzene rings is 1. The van der Waals surface area contributed by atoms with Crippen LogP contribution in [0.5, 0.6) is 0 Å². The van der Waals surface area contributed by atoms with Crippen molar-refractivity contribution in [1.29, 1.82) is 0 Å². The molecule has 0 amide bonds. The third-order valence-electron chi connectivity index (χ3n) is 5.52. The lowest BCUT2D eigenvalue weighted by molar-refractivity contribution is -0.703. The van der Waals surface area contributed by atoms with Crippen LogP contribution in [0.3, 0.4) is 0 Å². The number of rotatable bonds is 6. The van der Waals surface area contributed by atoms with E-state index in [2.05, 4.69) is 67.8 Å². The van der Waals surface area contributed by atoms with Crippen molar-refractivity contribution in [2.45, 2.75) is 25.7 Å². The number of ether oxygens (including phenoxy) is 4. The summed E-state index contributed by atoms with van der Waals surface area (Å²) in [7, 11) is 0. The minimum Gasteiger partial charge on any atom is -0.341 e. The molecular weight excluding hydrogens is 460 g/mol. The first-order chi connectivity index (χ1) is 15.3. The molecule has 7 heteroatoms. The molecule has 0 saturated carbocycles. The van der Waals surface area contributed by atoms with Crippen molar-refractivity contribution in [3.05, 3.63) is 94.0 Å².